The fourth-order valence-electron chi connectivity index (χ4n) is 3.77. The molecule has 0 aliphatic heterocycles. The Kier molecular flexibility index (Phi) is 6.12. The van der Waals surface area contributed by atoms with Gasteiger partial charge in [-0.05, 0) is 44.2 Å². The smallest absolute Gasteiger partial charge is 0.226 e. The van der Waals surface area contributed by atoms with Crippen LogP contribution in [-0.2, 0) is 11.3 Å². The third-order valence-corrected chi connectivity index (χ3v) is 5.54. The minimum Gasteiger partial charge on any atom is -0.444 e. The lowest BCUT2D eigenvalue weighted by Gasteiger charge is -2.30. The van der Waals surface area contributed by atoms with Gasteiger partial charge in [-0.25, -0.2) is 4.98 Å². The normalized spacial score (nSPS) is 22.2. The van der Waals surface area contributed by atoms with E-state index in [4.69, 9.17) is 4.42 Å². The predicted octanol–water partition coefficient (Wildman–Crippen LogP) is 2.84. The van der Waals surface area contributed by atoms with Gasteiger partial charge in [-0.2, -0.15) is 0 Å². The topological polar surface area (TPSA) is 91.6 Å². The van der Waals surface area contributed by atoms with E-state index >= 15 is 0 Å². The Morgan fingerprint density at radius 1 is 1.14 bits per heavy atom. The zero-order valence-electron chi connectivity index (χ0n) is 16.9. The average Bonchev–Trinajstić information content (AvgIpc) is 3.45. The summed E-state index contributed by atoms with van der Waals surface area (Å²) in [6.07, 6.45) is 7.86. The summed E-state index contributed by atoms with van der Waals surface area (Å²) in [5.41, 5.74) is 1.77. The van der Waals surface area contributed by atoms with Gasteiger partial charge in [-0.15, -0.1) is 0 Å². The van der Waals surface area contributed by atoms with Gasteiger partial charge in [-0.3, -0.25) is 9.79 Å². The largest absolute Gasteiger partial charge is 0.444 e. The van der Waals surface area contributed by atoms with E-state index in [0.29, 0.717) is 18.5 Å². The highest BCUT2D eigenvalue weighted by molar-refractivity contribution is 5.81. The van der Waals surface area contributed by atoms with Crippen LogP contribution in [0.1, 0.15) is 44.2 Å². The molecule has 1 heterocycles. The average molecular weight is 396 g/mol. The van der Waals surface area contributed by atoms with Crippen molar-refractivity contribution in [3.8, 4) is 11.5 Å². The van der Waals surface area contributed by atoms with Crippen LogP contribution in [0.3, 0.4) is 0 Å². The van der Waals surface area contributed by atoms with Crippen molar-refractivity contribution < 1.29 is 9.21 Å². The highest BCUT2D eigenvalue weighted by Gasteiger charge is 2.31. The molecule has 154 valence electrons. The number of aromatic nitrogens is 1. The van der Waals surface area contributed by atoms with Gasteiger partial charge in [0.05, 0.1) is 12.2 Å². The molecular weight excluding hydrogens is 366 g/mol. The summed E-state index contributed by atoms with van der Waals surface area (Å²) in [5.74, 6) is 1.66. The Morgan fingerprint density at radius 2 is 1.97 bits per heavy atom. The Morgan fingerprint density at radius 3 is 2.72 bits per heavy atom. The molecule has 2 aliphatic carbocycles. The lowest BCUT2D eigenvalue weighted by atomic mass is 9.85. The van der Waals surface area contributed by atoms with Crippen LogP contribution in [0.2, 0.25) is 0 Å². The van der Waals surface area contributed by atoms with Crippen molar-refractivity contribution in [3.05, 3.63) is 42.3 Å². The number of aliphatic imine (C=N–C) groups is 1. The zero-order valence-corrected chi connectivity index (χ0v) is 16.9. The summed E-state index contributed by atoms with van der Waals surface area (Å²) in [7, 11) is 1.76. The summed E-state index contributed by atoms with van der Waals surface area (Å²) in [5, 5.41) is 9.91. The van der Waals surface area contributed by atoms with Crippen molar-refractivity contribution in [1.29, 1.82) is 0 Å². The number of amides is 1. The quantitative estimate of drug-likeness (QED) is 0.517. The monoisotopic (exact) mass is 395 g/mol. The predicted molar refractivity (Wildman–Crippen MR) is 112 cm³/mol. The van der Waals surface area contributed by atoms with Gasteiger partial charge >= 0.3 is 0 Å². The molecule has 0 bridgehead atoms. The molecular formula is C22H29N5O2. The molecule has 2 aromatic rings. The van der Waals surface area contributed by atoms with E-state index in [1.165, 1.54) is 0 Å². The maximum Gasteiger partial charge on any atom is 0.226 e. The standard InChI is InChI=1S/C22H29N5O2/c1-23-22(24-13-19-14-29-21(26-19)15-6-3-2-4-7-15)27-18-9-5-8-16(12-18)20(28)25-17-10-11-17/h2-4,6-7,14,16-18H,5,8-13H2,1H3,(H,25,28)(H2,23,24,27). The van der Waals surface area contributed by atoms with Crippen LogP contribution in [0.5, 0.6) is 0 Å². The molecule has 0 radical (unpaired) electrons. The van der Waals surface area contributed by atoms with Crippen LogP contribution in [0.15, 0.2) is 46.0 Å². The summed E-state index contributed by atoms with van der Waals surface area (Å²) in [6, 6.07) is 10.5. The number of nitrogens with one attached hydrogen (secondary N) is 3. The molecule has 2 saturated carbocycles. The second-order valence-corrected chi connectivity index (χ2v) is 7.92. The van der Waals surface area contributed by atoms with E-state index in [9.17, 15) is 4.79 Å². The molecule has 1 aromatic heterocycles. The molecule has 2 atom stereocenters. The van der Waals surface area contributed by atoms with Crippen LogP contribution in [0, 0.1) is 5.92 Å². The molecule has 29 heavy (non-hydrogen) atoms. The third-order valence-electron chi connectivity index (χ3n) is 5.54. The number of carbonyl (C=O) groups excluding carboxylic acids is 1. The molecule has 4 rings (SSSR count). The molecule has 3 N–H and O–H groups in total. The maximum atomic E-state index is 12.4. The van der Waals surface area contributed by atoms with Crippen molar-refractivity contribution >= 4 is 11.9 Å². The molecule has 7 nitrogen and oxygen atoms in total. The first kappa shape index (κ1) is 19.5. The number of guanidine groups is 1. The second-order valence-electron chi connectivity index (χ2n) is 7.92. The summed E-state index contributed by atoms with van der Waals surface area (Å²) in [6.45, 7) is 0.522. The van der Waals surface area contributed by atoms with Gasteiger partial charge in [0, 0.05) is 30.6 Å². The lowest BCUT2D eigenvalue weighted by molar-refractivity contribution is -0.126. The number of rotatable bonds is 6. The Labute approximate surface area is 171 Å². The molecule has 0 saturated heterocycles. The van der Waals surface area contributed by atoms with Crippen molar-refractivity contribution in [2.45, 2.75) is 57.2 Å². The van der Waals surface area contributed by atoms with Crippen LogP contribution < -0.4 is 16.0 Å². The number of benzene rings is 1. The fourth-order valence-corrected chi connectivity index (χ4v) is 3.77. The zero-order chi connectivity index (χ0) is 20.1. The molecule has 2 unspecified atom stereocenters. The lowest BCUT2D eigenvalue weighted by Crippen LogP contribution is -2.47. The molecule has 7 heteroatoms. The van der Waals surface area contributed by atoms with E-state index in [0.717, 1.165) is 55.7 Å². The van der Waals surface area contributed by atoms with Gasteiger partial charge in [0.1, 0.15) is 6.26 Å². The number of carbonyl (C=O) groups is 1. The van der Waals surface area contributed by atoms with E-state index in [-0.39, 0.29) is 17.9 Å². The first-order valence-corrected chi connectivity index (χ1v) is 10.5. The van der Waals surface area contributed by atoms with Crippen LogP contribution in [0.25, 0.3) is 11.5 Å². The highest BCUT2D eigenvalue weighted by atomic mass is 16.3. The Hall–Kier alpha value is -2.83. The minimum absolute atomic E-state index is 0.101. The first-order valence-electron chi connectivity index (χ1n) is 10.5. The molecule has 1 amide bonds. The third kappa shape index (κ3) is 5.37. The maximum absolute atomic E-state index is 12.4. The van der Waals surface area contributed by atoms with E-state index < -0.39 is 0 Å². The van der Waals surface area contributed by atoms with Gasteiger partial charge in [0.25, 0.3) is 0 Å². The summed E-state index contributed by atoms with van der Waals surface area (Å²) >= 11 is 0. The van der Waals surface area contributed by atoms with Crippen molar-refractivity contribution in [2.75, 3.05) is 7.05 Å². The number of nitrogens with zero attached hydrogens (tertiary/aromatic N) is 2. The van der Waals surface area contributed by atoms with Crippen molar-refractivity contribution in [1.82, 2.24) is 20.9 Å². The Bertz CT molecular complexity index is 844. The number of oxazole rings is 1. The van der Waals surface area contributed by atoms with E-state index in [1.807, 2.05) is 30.3 Å². The van der Waals surface area contributed by atoms with E-state index in [2.05, 4.69) is 25.9 Å². The van der Waals surface area contributed by atoms with E-state index in [1.54, 1.807) is 13.3 Å². The summed E-state index contributed by atoms with van der Waals surface area (Å²) < 4.78 is 5.59. The highest BCUT2D eigenvalue weighted by Crippen LogP contribution is 2.26. The SMILES string of the molecule is CN=C(NCc1coc(-c2ccccc2)n1)NC1CCCC(C(=O)NC2CC2)C1. The minimum atomic E-state index is 0.101. The molecule has 0 spiro atoms. The summed E-state index contributed by atoms with van der Waals surface area (Å²) in [4.78, 5) is 21.2. The fraction of sp³-hybridized carbons (Fsp3) is 0.500. The van der Waals surface area contributed by atoms with Crippen LogP contribution in [0.4, 0.5) is 0 Å². The molecule has 2 fully saturated rings. The van der Waals surface area contributed by atoms with Crippen LogP contribution >= 0.6 is 0 Å². The van der Waals surface area contributed by atoms with Crippen molar-refractivity contribution in [3.63, 3.8) is 0 Å². The van der Waals surface area contributed by atoms with Gasteiger partial charge < -0.3 is 20.4 Å². The van der Waals surface area contributed by atoms with Gasteiger partial charge in [-0.1, -0.05) is 24.6 Å². The molecule has 2 aliphatic rings. The van der Waals surface area contributed by atoms with Gasteiger partial charge in [0.15, 0.2) is 5.96 Å². The van der Waals surface area contributed by atoms with Crippen molar-refractivity contribution in [2.24, 2.45) is 10.9 Å². The Balaban J connectivity index is 1.27. The second kappa shape index (κ2) is 9.11. The number of hydrogen-bond acceptors (Lipinski definition) is 4. The van der Waals surface area contributed by atoms with Gasteiger partial charge in [0.2, 0.25) is 11.8 Å². The van der Waals surface area contributed by atoms with Crippen LogP contribution in [-0.4, -0.2) is 36.0 Å². The molecule has 1 aromatic carbocycles. The number of hydrogen-bond donors (Lipinski definition) is 3. The first-order chi connectivity index (χ1) is 14.2.